The standard InChI is InChI=1S/C25H28FN5O6S/c1-16-22(23(32)29-13-5-6-14-29)27-30(18-9-7-17(26)8-10-18)24(16)37-20-12-11-19(31(33)34)15-21(20)38(35,36)28-25(2,3)4/h7-12,15,28H,5-6,13-14H2,1-4H3. The average Bonchev–Trinajstić information content (AvgIpc) is 3.47. The van der Waals surface area contributed by atoms with E-state index in [0.717, 1.165) is 25.0 Å². The summed E-state index contributed by atoms with van der Waals surface area (Å²) in [6.45, 7) is 7.67. The molecule has 0 unspecified atom stereocenters. The molecular weight excluding hydrogens is 517 g/mol. The van der Waals surface area contributed by atoms with Crippen molar-refractivity contribution in [3.05, 3.63) is 69.7 Å². The van der Waals surface area contributed by atoms with Gasteiger partial charge in [-0.1, -0.05) is 0 Å². The third kappa shape index (κ3) is 5.68. The molecule has 1 N–H and O–H groups in total. The Morgan fingerprint density at radius 1 is 1.13 bits per heavy atom. The average molecular weight is 546 g/mol. The molecular formula is C25H28FN5O6S. The normalized spacial score (nSPS) is 14.1. The Bertz CT molecular complexity index is 1490. The number of nitro groups is 1. The molecule has 1 fully saturated rings. The molecule has 0 atom stereocenters. The Kier molecular flexibility index (Phi) is 7.26. The van der Waals surface area contributed by atoms with E-state index in [1.807, 2.05) is 0 Å². The number of rotatable bonds is 7. The van der Waals surface area contributed by atoms with Crippen molar-refractivity contribution in [3.8, 4) is 17.3 Å². The molecule has 202 valence electrons. The van der Waals surface area contributed by atoms with Crippen molar-refractivity contribution in [2.45, 2.75) is 51.0 Å². The van der Waals surface area contributed by atoms with Gasteiger partial charge in [0.1, 0.15) is 16.5 Å². The zero-order valence-electron chi connectivity index (χ0n) is 21.4. The Labute approximate surface area is 219 Å². The van der Waals surface area contributed by atoms with Gasteiger partial charge in [-0.15, -0.1) is 0 Å². The van der Waals surface area contributed by atoms with Crippen LogP contribution in [0.3, 0.4) is 0 Å². The van der Waals surface area contributed by atoms with Crippen molar-refractivity contribution in [1.29, 1.82) is 0 Å². The molecule has 0 bridgehead atoms. The first-order valence-electron chi connectivity index (χ1n) is 11.9. The van der Waals surface area contributed by atoms with Crippen LogP contribution < -0.4 is 9.46 Å². The summed E-state index contributed by atoms with van der Waals surface area (Å²) < 4.78 is 50.0. The van der Waals surface area contributed by atoms with Crippen LogP contribution in [0.2, 0.25) is 0 Å². The highest BCUT2D eigenvalue weighted by Crippen LogP contribution is 2.36. The number of ether oxygens (including phenoxy) is 1. The summed E-state index contributed by atoms with van der Waals surface area (Å²) in [5.74, 6) is -0.985. The van der Waals surface area contributed by atoms with Gasteiger partial charge < -0.3 is 9.64 Å². The molecule has 0 radical (unpaired) electrons. The van der Waals surface area contributed by atoms with Gasteiger partial charge in [0, 0.05) is 36.3 Å². The summed E-state index contributed by atoms with van der Waals surface area (Å²) in [6, 6.07) is 8.52. The minimum absolute atomic E-state index is 0.0141. The molecule has 0 aliphatic carbocycles. The van der Waals surface area contributed by atoms with Gasteiger partial charge in [-0.3, -0.25) is 14.9 Å². The van der Waals surface area contributed by atoms with Crippen molar-refractivity contribution in [2.24, 2.45) is 0 Å². The van der Waals surface area contributed by atoms with Gasteiger partial charge in [0.05, 0.1) is 10.6 Å². The maximum Gasteiger partial charge on any atom is 0.274 e. The van der Waals surface area contributed by atoms with E-state index in [-0.39, 0.29) is 23.2 Å². The third-order valence-corrected chi connectivity index (χ3v) is 7.59. The maximum absolute atomic E-state index is 13.6. The van der Waals surface area contributed by atoms with E-state index in [4.69, 9.17) is 4.74 Å². The van der Waals surface area contributed by atoms with Crippen LogP contribution >= 0.6 is 0 Å². The smallest absolute Gasteiger partial charge is 0.274 e. The molecule has 2 heterocycles. The van der Waals surface area contributed by atoms with Gasteiger partial charge in [-0.2, -0.15) is 9.78 Å². The summed E-state index contributed by atoms with van der Waals surface area (Å²) in [6.07, 6.45) is 1.75. The van der Waals surface area contributed by atoms with E-state index >= 15 is 0 Å². The predicted octanol–water partition coefficient (Wildman–Crippen LogP) is 4.33. The molecule has 3 aromatic rings. The fourth-order valence-corrected chi connectivity index (χ4v) is 5.66. The lowest BCUT2D eigenvalue weighted by Gasteiger charge is -2.21. The highest BCUT2D eigenvalue weighted by atomic mass is 32.2. The van der Waals surface area contributed by atoms with Crippen molar-refractivity contribution in [1.82, 2.24) is 19.4 Å². The lowest BCUT2D eigenvalue weighted by molar-refractivity contribution is -0.385. The first kappa shape index (κ1) is 27.2. The lowest BCUT2D eigenvalue weighted by atomic mass is 10.1. The third-order valence-electron chi connectivity index (χ3n) is 5.81. The number of non-ortho nitro benzene ring substituents is 1. The van der Waals surface area contributed by atoms with Crippen molar-refractivity contribution in [3.63, 3.8) is 0 Å². The molecule has 1 aliphatic heterocycles. The van der Waals surface area contributed by atoms with Gasteiger partial charge in [0.25, 0.3) is 11.6 Å². The lowest BCUT2D eigenvalue weighted by Crippen LogP contribution is -2.40. The fraction of sp³-hybridized carbons (Fsp3) is 0.360. The number of nitrogens with one attached hydrogen (secondary N) is 1. The molecule has 0 saturated carbocycles. The SMILES string of the molecule is Cc1c(C(=O)N2CCCC2)nn(-c2ccc(F)cc2)c1Oc1ccc([N+](=O)[O-])cc1S(=O)(=O)NC(C)(C)C. The first-order chi connectivity index (χ1) is 17.8. The highest BCUT2D eigenvalue weighted by molar-refractivity contribution is 7.89. The number of nitrogens with zero attached hydrogens (tertiary/aromatic N) is 4. The van der Waals surface area contributed by atoms with Crippen molar-refractivity contribution in [2.75, 3.05) is 13.1 Å². The van der Waals surface area contributed by atoms with E-state index in [0.29, 0.717) is 24.3 Å². The number of amides is 1. The zero-order chi connectivity index (χ0) is 27.8. The second kappa shape index (κ2) is 10.1. The van der Waals surface area contributed by atoms with Crippen LogP contribution in [0, 0.1) is 22.9 Å². The maximum atomic E-state index is 13.6. The van der Waals surface area contributed by atoms with Crippen LogP contribution in [-0.4, -0.2) is 52.6 Å². The van der Waals surface area contributed by atoms with E-state index in [2.05, 4.69) is 9.82 Å². The van der Waals surface area contributed by atoms with Crippen LogP contribution in [-0.2, 0) is 10.0 Å². The van der Waals surface area contributed by atoms with Crippen molar-refractivity contribution < 1.29 is 27.3 Å². The number of sulfonamides is 1. The molecule has 1 amide bonds. The van der Waals surface area contributed by atoms with Crippen LogP contribution in [0.1, 0.15) is 49.7 Å². The van der Waals surface area contributed by atoms with Crippen LogP contribution in [0.4, 0.5) is 10.1 Å². The highest BCUT2D eigenvalue weighted by Gasteiger charge is 2.31. The van der Waals surface area contributed by atoms with E-state index < -0.39 is 36.9 Å². The number of aromatic nitrogens is 2. The molecule has 4 rings (SSSR count). The number of nitro benzene ring substituents is 1. The largest absolute Gasteiger partial charge is 0.437 e. The van der Waals surface area contributed by atoms with Gasteiger partial charge in [0.15, 0.2) is 5.69 Å². The van der Waals surface area contributed by atoms with Crippen LogP contribution in [0.5, 0.6) is 11.6 Å². The monoisotopic (exact) mass is 545 g/mol. The van der Waals surface area contributed by atoms with Gasteiger partial charge in [0.2, 0.25) is 15.9 Å². The quantitative estimate of drug-likeness (QED) is 0.345. The second-order valence-corrected chi connectivity index (χ2v) is 11.7. The van der Waals surface area contributed by atoms with E-state index in [1.165, 1.54) is 35.0 Å². The molecule has 1 aliphatic rings. The van der Waals surface area contributed by atoms with Gasteiger partial charge >= 0.3 is 0 Å². The number of carbonyl (C=O) groups is 1. The number of benzene rings is 2. The molecule has 0 spiro atoms. The van der Waals surface area contributed by atoms with E-state index in [9.17, 15) is 27.7 Å². The van der Waals surface area contributed by atoms with Crippen LogP contribution in [0.15, 0.2) is 47.4 Å². The summed E-state index contributed by atoms with van der Waals surface area (Å²) in [5.41, 5.74) is -0.534. The zero-order valence-corrected chi connectivity index (χ0v) is 22.2. The Morgan fingerprint density at radius 3 is 2.34 bits per heavy atom. The Hall–Kier alpha value is -3.84. The molecule has 1 saturated heterocycles. The van der Waals surface area contributed by atoms with Gasteiger partial charge in [-0.25, -0.2) is 17.5 Å². The van der Waals surface area contributed by atoms with Crippen molar-refractivity contribution >= 4 is 21.6 Å². The molecule has 11 nitrogen and oxygen atoms in total. The summed E-state index contributed by atoms with van der Waals surface area (Å²) in [7, 11) is -4.28. The van der Waals surface area contributed by atoms with Gasteiger partial charge in [-0.05, 0) is 70.9 Å². The molecule has 13 heteroatoms. The second-order valence-electron chi connectivity index (χ2n) is 10.0. The first-order valence-corrected chi connectivity index (χ1v) is 13.4. The predicted molar refractivity (Wildman–Crippen MR) is 137 cm³/mol. The van der Waals surface area contributed by atoms with E-state index in [1.54, 1.807) is 32.6 Å². The number of likely N-dealkylation sites (tertiary alicyclic amines) is 1. The summed E-state index contributed by atoms with van der Waals surface area (Å²) >= 11 is 0. The summed E-state index contributed by atoms with van der Waals surface area (Å²) in [4.78, 5) is 25.2. The number of carbonyl (C=O) groups excluding carboxylic acids is 1. The topological polar surface area (TPSA) is 137 Å². The fourth-order valence-electron chi connectivity index (χ4n) is 4.10. The minimum Gasteiger partial charge on any atom is -0.437 e. The molecule has 38 heavy (non-hydrogen) atoms. The van der Waals surface area contributed by atoms with Crippen LogP contribution in [0.25, 0.3) is 5.69 Å². The number of halogens is 1. The molecule has 1 aromatic heterocycles. The number of hydrogen-bond acceptors (Lipinski definition) is 7. The Morgan fingerprint density at radius 2 is 1.76 bits per heavy atom. The minimum atomic E-state index is -4.28. The Balaban J connectivity index is 1.87. The summed E-state index contributed by atoms with van der Waals surface area (Å²) in [5, 5.41) is 15.9. The number of hydrogen-bond donors (Lipinski definition) is 1. The molecule has 2 aromatic carbocycles.